The van der Waals surface area contributed by atoms with Crippen molar-refractivity contribution in [2.45, 2.75) is 25.3 Å². The average molecular weight is 307 g/mol. The van der Waals surface area contributed by atoms with Crippen LogP contribution in [0.2, 0.25) is 0 Å². The summed E-state index contributed by atoms with van der Waals surface area (Å²) in [6, 6.07) is 7.55. The maximum Gasteiger partial charge on any atom is 0.270 e. The van der Waals surface area contributed by atoms with E-state index in [1.165, 1.54) is 5.56 Å². The van der Waals surface area contributed by atoms with Crippen molar-refractivity contribution in [2.75, 3.05) is 0 Å². The van der Waals surface area contributed by atoms with E-state index >= 15 is 0 Å². The Hall–Kier alpha value is -2.89. The molecule has 1 amide bonds. The van der Waals surface area contributed by atoms with Crippen molar-refractivity contribution < 1.29 is 4.79 Å². The molecule has 1 aliphatic rings. The maximum absolute atomic E-state index is 12.5. The number of hydrogen-bond donors (Lipinski definition) is 2. The Labute approximate surface area is 133 Å². The molecule has 0 aromatic carbocycles. The van der Waals surface area contributed by atoms with Gasteiger partial charge in [0.2, 0.25) is 0 Å². The Morgan fingerprint density at radius 1 is 1.35 bits per heavy atom. The molecule has 0 saturated heterocycles. The number of H-pyrrole nitrogens is 1. The van der Waals surface area contributed by atoms with E-state index in [4.69, 9.17) is 0 Å². The molecule has 6 heteroatoms. The summed E-state index contributed by atoms with van der Waals surface area (Å²) in [6.07, 6.45) is 10.4. The Morgan fingerprint density at radius 2 is 2.22 bits per heavy atom. The summed E-state index contributed by atoms with van der Waals surface area (Å²) in [7, 11) is 0. The molecule has 0 spiro atoms. The van der Waals surface area contributed by atoms with Crippen LogP contribution in [0, 0.1) is 0 Å². The lowest BCUT2D eigenvalue weighted by Gasteiger charge is -2.22. The van der Waals surface area contributed by atoms with Crippen molar-refractivity contribution in [3.8, 4) is 5.69 Å². The quantitative estimate of drug-likeness (QED) is 0.780. The van der Waals surface area contributed by atoms with E-state index in [9.17, 15) is 4.79 Å². The van der Waals surface area contributed by atoms with Crippen molar-refractivity contribution >= 4 is 5.91 Å². The monoisotopic (exact) mass is 307 g/mol. The third-order valence-corrected chi connectivity index (χ3v) is 4.22. The van der Waals surface area contributed by atoms with E-state index in [1.807, 2.05) is 41.4 Å². The minimum absolute atomic E-state index is 0.0224. The van der Waals surface area contributed by atoms with Gasteiger partial charge in [0.1, 0.15) is 5.69 Å². The van der Waals surface area contributed by atoms with Crippen LogP contribution in [0.3, 0.4) is 0 Å². The van der Waals surface area contributed by atoms with Crippen LogP contribution in [-0.4, -0.2) is 25.7 Å². The lowest BCUT2D eigenvalue weighted by molar-refractivity contribution is 0.0926. The predicted octanol–water partition coefficient (Wildman–Crippen LogP) is 2.40. The number of pyridine rings is 1. The first-order valence-corrected chi connectivity index (χ1v) is 7.73. The molecular formula is C17H17N5O. The molecule has 4 rings (SSSR count). The summed E-state index contributed by atoms with van der Waals surface area (Å²) in [5, 5.41) is 10.2. The van der Waals surface area contributed by atoms with Crippen LogP contribution in [0.4, 0.5) is 0 Å². The normalized spacial score (nSPS) is 16.8. The van der Waals surface area contributed by atoms with Gasteiger partial charge in [-0.1, -0.05) is 0 Å². The number of carbonyl (C=O) groups excluding carboxylic acids is 1. The van der Waals surface area contributed by atoms with Crippen molar-refractivity contribution in [3.63, 3.8) is 0 Å². The average Bonchev–Trinajstić information content (AvgIpc) is 3.27. The van der Waals surface area contributed by atoms with E-state index in [-0.39, 0.29) is 11.9 Å². The highest BCUT2D eigenvalue weighted by molar-refractivity contribution is 5.93. The molecule has 0 radical (unpaired) electrons. The summed E-state index contributed by atoms with van der Waals surface area (Å²) in [6.45, 7) is 0. The zero-order chi connectivity index (χ0) is 15.6. The molecule has 6 nitrogen and oxygen atoms in total. The third kappa shape index (κ3) is 2.63. The molecule has 3 aromatic rings. The summed E-state index contributed by atoms with van der Waals surface area (Å²) in [5.74, 6) is -0.161. The zero-order valence-electron chi connectivity index (χ0n) is 12.6. The number of nitrogens with zero attached hydrogens (tertiary/aromatic N) is 3. The number of fused-ring (bicyclic) bond motifs is 1. The van der Waals surface area contributed by atoms with Gasteiger partial charge in [-0.25, -0.2) is 0 Å². The Bertz CT molecular complexity index is 821. The van der Waals surface area contributed by atoms with E-state index in [0.29, 0.717) is 5.69 Å². The van der Waals surface area contributed by atoms with Crippen molar-refractivity contribution in [2.24, 2.45) is 0 Å². The number of hydrogen-bond acceptors (Lipinski definition) is 3. The number of aromatic amines is 1. The molecule has 1 unspecified atom stereocenters. The number of nitrogens with one attached hydrogen (secondary N) is 2. The predicted molar refractivity (Wildman–Crippen MR) is 85.3 cm³/mol. The first kappa shape index (κ1) is 13.8. The minimum Gasteiger partial charge on any atom is -0.342 e. The molecular weight excluding hydrogens is 290 g/mol. The Balaban J connectivity index is 1.56. The van der Waals surface area contributed by atoms with Crippen LogP contribution in [0.1, 0.15) is 40.6 Å². The summed E-state index contributed by atoms with van der Waals surface area (Å²) in [5.41, 5.74) is 3.55. The maximum atomic E-state index is 12.5. The van der Waals surface area contributed by atoms with Crippen molar-refractivity contribution in [1.29, 1.82) is 0 Å². The van der Waals surface area contributed by atoms with Gasteiger partial charge in [0.05, 0.1) is 17.9 Å². The van der Waals surface area contributed by atoms with E-state index in [1.54, 1.807) is 12.3 Å². The SMILES string of the molecule is O=C(NC1CCCc2cn[nH]c21)c1cc(-n2cccc2)ccn1. The molecule has 2 N–H and O–H groups in total. The number of carbonyl (C=O) groups is 1. The van der Waals surface area contributed by atoms with Crippen LogP contribution in [0.5, 0.6) is 0 Å². The van der Waals surface area contributed by atoms with Crippen LogP contribution < -0.4 is 5.32 Å². The van der Waals surface area contributed by atoms with Gasteiger partial charge in [-0.2, -0.15) is 5.10 Å². The lowest BCUT2D eigenvalue weighted by Crippen LogP contribution is -2.31. The fraction of sp³-hybridized carbons (Fsp3) is 0.235. The topological polar surface area (TPSA) is 75.6 Å². The summed E-state index contributed by atoms with van der Waals surface area (Å²) >= 11 is 0. The van der Waals surface area contributed by atoms with Gasteiger partial charge in [-0.05, 0) is 49.1 Å². The molecule has 0 bridgehead atoms. The van der Waals surface area contributed by atoms with Crippen LogP contribution >= 0.6 is 0 Å². The standard InChI is InChI=1S/C17H17N5O/c23-17(20-14-5-3-4-12-11-19-21-16(12)14)15-10-13(6-7-18-15)22-8-1-2-9-22/h1-2,6-11,14H,3-5H2,(H,19,21)(H,20,23). The van der Waals surface area contributed by atoms with Gasteiger partial charge >= 0.3 is 0 Å². The molecule has 0 aliphatic heterocycles. The number of rotatable bonds is 3. The Kier molecular flexibility index (Phi) is 3.42. The fourth-order valence-corrected chi connectivity index (χ4v) is 3.05. The summed E-state index contributed by atoms with van der Waals surface area (Å²) in [4.78, 5) is 16.8. The highest BCUT2D eigenvalue weighted by Gasteiger charge is 2.24. The van der Waals surface area contributed by atoms with Crippen LogP contribution in [0.25, 0.3) is 5.69 Å². The van der Waals surface area contributed by atoms with Crippen molar-refractivity contribution in [1.82, 2.24) is 25.1 Å². The van der Waals surface area contributed by atoms with Crippen LogP contribution in [-0.2, 0) is 6.42 Å². The van der Waals surface area contributed by atoms with Crippen molar-refractivity contribution in [3.05, 3.63) is 66.0 Å². The summed E-state index contributed by atoms with van der Waals surface area (Å²) < 4.78 is 1.95. The molecule has 1 aliphatic carbocycles. The molecule has 3 heterocycles. The van der Waals surface area contributed by atoms with E-state index in [0.717, 1.165) is 30.6 Å². The van der Waals surface area contributed by atoms with Crippen LogP contribution in [0.15, 0.2) is 49.1 Å². The zero-order valence-corrected chi connectivity index (χ0v) is 12.6. The molecule has 23 heavy (non-hydrogen) atoms. The lowest BCUT2D eigenvalue weighted by atomic mass is 9.93. The molecule has 1 atom stereocenters. The van der Waals surface area contributed by atoms with Gasteiger partial charge in [0.25, 0.3) is 5.91 Å². The molecule has 0 fully saturated rings. The van der Waals surface area contributed by atoms with Gasteiger partial charge in [0, 0.05) is 24.3 Å². The fourth-order valence-electron chi connectivity index (χ4n) is 3.05. The highest BCUT2D eigenvalue weighted by Crippen LogP contribution is 2.27. The molecule has 0 saturated carbocycles. The second kappa shape index (κ2) is 5.72. The number of aryl methyl sites for hydroxylation is 1. The largest absolute Gasteiger partial charge is 0.342 e. The van der Waals surface area contributed by atoms with Gasteiger partial charge in [-0.3, -0.25) is 14.9 Å². The number of amides is 1. The van der Waals surface area contributed by atoms with Gasteiger partial charge in [-0.15, -0.1) is 0 Å². The first-order chi connectivity index (χ1) is 11.3. The third-order valence-electron chi connectivity index (χ3n) is 4.22. The van der Waals surface area contributed by atoms with Gasteiger partial charge in [0.15, 0.2) is 0 Å². The second-order valence-corrected chi connectivity index (χ2v) is 5.72. The van der Waals surface area contributed by atoms with E-state index in [2.05, 4.69) is 20.5 Å². The Morgan fingerprint density at radius 3 is 3.09 bits per heavy atom. The number of aromatic nitrogens is 4. The minimum atomic E-state index is -0.161. The first-order valence-electron chi connectivity index (χ1n) is 7.73. The second-order valence-electron chi connectivity index (χ2n) is 5.72. The smallest absolute Gasteiger partial charge is 0.270 e. The molecule has 3 aromatic heterocycles. The molecule has 116 valence electrons. The van der Waals surface area contributed by atoms with E-state index < -0.39 is 0 Å². The highest BCUT2D eigenvalue weighted by atomic mass is 16.1. The van der Waals surface area contributed by atoms with Gasteiger partial charge < -0.3 is 9.88 Å².